The summed E-state index contributed by atoms with van der Waals surface area (Å²) < 4.78 is 6.05. The van der Waals surface area contributed by atoms with Crippen molar-refractivity contribution in [1.82, 2.24) is 15.5 Å². The average molecular weight is 378 g/mol. The summed E-state index contributed by atoms with van der Waals surface area (Å²) in [5.41, 5.74) is 8.18. The number of ether oxygens (including phenoxy) is 1. The Bertz CT molecular complexity index is 757. The molecule has 2 aliphatic rings. The monoisotopic (exact) mass is 377 g/mol. The average Bonchev–Trinajstić information content (AvgIpc) is 2.64. The molecule has 0 saturated carbocycles. The van der Waals surface area contributed by atoms with Crippen molar-refractivity contribution in [2.45, 2.75) is 18.4 Å². The quantitative estimate of drug-likeness (QED) is 0.734. The molecule has 0 bridgehead atoms. The Balaban J connectivity index is 0.00000196. The largest absolute Gasteiger partial charge is 0.507 e. The molecule has 3 heterocycles. The van der Waals surface area contributed by atoms with E-state index in [-0.39, 0.29) is 23.8 Å². The molecule has 0 atom stereocenters. The Hall–Kier alpha value is -2.09. The minimum atomic E-state index is -0.0511. The van der Waals surface area contributed by atoms with Gasteiger partial charge in [-0.05, 0) is 31.0 Å². The maximum absolute atomic E-state index is 10.1. The summed E-state index contributed by atoms with van der Waals surface area (Å²) in [6, 6.07) is 9.03. The molecule has 4 N–H and O–H groups in total. The lowest BCUT2D eigenvalue weighted by molar-refractivity contribution is -0.0799. The summed E-state index contributed by atoms with van der Waals surface area (Å²) in [5.74, 6) is 0.601. The van der Waals surface area contributed by atoms with Crippen molar-refractivity contribution in [3.8, 4) is 17.0 Å². The SMILES string of the molecule is Cl.Nc1nnc(-c2ccccc2O)cc1N1CCC2(CC1)CNCCO2. The Morgan fingerprint density at radius 2 is 1.96 bits per heavy atom. The topological polar surface area (TPSA) is 96.5 Å². The van der Waals surface area contributed by atoms with Crippen LogP contribution in [0.4, 0.5) is 11.5 Å². The number of aromatic hydroxyl groups is 1. The highest BCUT2D eigenvalue weighted by atomic mass is 35.5. The fraction of sp³-hybridized carbons (Fsp3) is 0.444. The first-order valence-corrected chi connectivity index (χ1v) is 8.68. The first-order chi connectivity index (χ1) is 12.2. The molecule has 140 valence electrons. The van der Waals surface area contributed by atoms with Crippen LogP contribution in [0.2, 0.25) is 0 Å². The summed E-state index contributed by atoms with van der Waals surface area (Å²) in [7, 11) is 0. The van der Waals surface area contributed by atoms with Gasteiger partial charge in [-0.15, -0.1) is 22.6 Å². The van der Waals surface area contributed by atoms with Gasteiger partial charge in [0, 0.05) is 31.7 Å². The predicted molar refractivity (Wildman–Crippen MR) is 104 cm³/mol. The summed E-state index contributed by atoms with van der Waals surface area (Å²) in [6.45, 7) is 4.33. The fourth-order valence-electron chi connectivity index (χ4n) is 3.65. The summed E-state index contributed by atoms with van der Waals surface area (Å²) >= 11 is 0. The molecule has 0 aliphatic carbocycles. The van der Waals surface area contributed by atoms with Crippen molar-refractivity contribution >= 4 is 23.9 Å². The summed E-state index contributed by atoms with van der Waals surface area (Å²) in [6.07, 6.45) is 1.90. The second kappa shape index (κ2) is 7.65. The minimum absolute atomic E-state index is 0. The number of benzene rings is 1. The third-order valence-corrected chi connectivity index (χ3v) is 5.13. The maximum Gasteiger partial charge on any atom is 0.169 e. The minimum Gasteiger partial charge on any atom is -0.507 e. The van der Waals surface area contributed by atoms with Crippen molar-refractivity contribution in [2.75, 3.05) is 43.4 Å². The van der Waals surface area contributed by atoms with Gasteiger partial charge < -0.3 is 25.8 Å². The lowest BCUT2D eigenvalue weighted by atomic mass is 9.90. The molecule has 26 heavy (non-hydrogen) atoms. The molecule has 1 aromatic carbocycles. The van der Waals surface area contributed by atoms with E-state index in [2.05, 4.69) is 20.4 Å². The Morgan fingerprint density at radius 1 is 1.19 bits per heavy atom. The molecule has 4 rings (SSSR count). The number of nitrogen functional groups attached to an aromatic ring is 1. The third-order valence-electron chi connectivity index (χ3n) is 5.13. The van der Waals surface area contributed by atoms with E-state index < -0.39 is 0 Å². The Kier molecular flexibility index (Phi) is 5.50. The van der Waals surface area contributed by atoms with E-state index in [1.807, 2.05) is 18.2 Å². The zero-order valence-electron chi connectivity index (χ0n) is 14.5. The number of rotatable bonds is 2. The van der Waals surface area contributed by atoms with Gasteiger partial charge in [0.25, 0.3) is 0 Å². The number of para-hydroxylation sites is 1. The van der Waals surface area contributed by atoms with Crippen LogP contribution in [0, 0.1) is 0 Å². The number of phenols is 1. The van der Waals surface area contributed by atoms with Crippen LogP contribution >= 0.6 is 12.4 Å². The molecule has 7 nitrogen and oxygen atoms in total. The van der Waals surface area contributed by atoms with Crippen molar-refractivity contribution in [1.29, 1.82) is 0 Å². The summed E-state index contributed by atoms with van der Waals surface area (Å²) in [5, 5.41) is 21.8. The number of nitrogens with two attached hydrogens (primary N) is 1. The molecule has 2 saturated heterocycles. The molecule has 0 radical (unpaired) electrons. The van der Waals surface area contributed by atoms with E-state index in [4.69, 9.17) is 10.5 Å². The van der Waals surface area contributed by atoms with E-state index in [0.29, 0.717) is 17.1 Å². The number of anilines is 2. The van der Waals surface area contributed by atoms with E-state index >= 15 is 0 Å². The lowest BCUT2D eigenvalue weighted by Gasteiger charge is -2.44. The van der Waals surface area contributed by atoms with Crippen LogP contribution in [0.25, 0.3) is 11.3 Å². The Labute approximate surface area is 159 Å². The number of piperidine rings is 1. The van der Waals surface area contributed by atoms with Gasteiger partial charge in [-0.3, -0.25) is 0 Å². The van der Waals surface area contributed by atoms with Crippen LogP contribution in [-0.4, -0.2) is 53.7 Å². The molecule has 0 unspecified atom stereocenters. The smallest absolute Gasteiger partial charge is 0.169 e. The number of phenolic OH excluding ortho intramolecular Hbond substituents is 1. The molecule has 2 fully saturated rings. The second-order valence-electron chi connectivity index (χ2n) is 6.71. The molecule has 1 aromatic heterocycles. The number of hydrogen-bond acceptors (Lipinski definition) is 7. The van der Waals surface area contributed by atoms with Gasteiger partial charge in [0.05, 0.1) is 23.6 Å². The number of morpholine rings is 1. The van der Waals surface area contributed by atoms with Crippen molar-refractivity contribution < 1.29 is 9.84 Å². The maximum atomic E-state index is 10.1. The van der Waals surface area contributed by atoms with E-state index in [1.54, 1.807) is 12.1 Å². The molecule has 1 spiro atoms. The van der Waals surface area contributed by atoms with E-state index in [1.165, 1.54) is 0 Å². The normalized spacial score (nSPS) is 19.2. The molecular weight excluding hydrogens is 354 g/mol. The lowest BCUT2D eigenvalue weighted by Crippen LogP contribution is -2.55. The van der Waals surface area contributed by atoms with Crippen LogP contribution in [0.1, 0.15) is 12.8 Å². The van der Waals surface area contributed by atoms with Gasteiger partial charge in [-0.25, -0.2) is 0 Å². The number of nitrogens with one attached hydrogen (secondary N) is 1. The highest BCUT2D eigenvalue weighted by Crippen LogP contribution is 2.35. The number of hydrogen-bond donors (Lipinski definition) is 3. The molecule has 2 aliphatic heterocycles. The van der Waals surface area contributed by atoms with E-state index in [0.717, 1.165) is 51.3 Å². The first kappa shape index (κ1) is 18.7. The first-order valence-electron chi connectivity index (χ1n) is 8.68. The number of halogens is 1. The van der Waals surface area contributed by atoms with Gasteiger partial charge >= 0.3 is 0 Å². The number of aromatic nitrogens is 2. The highest BCUT2D eigenvalue weighted by Gasteiger charge is 2.37. The van der Waals surface area contributed by atoms with Gasteiger partial charge in [0.2, 0.25) is 0 Å². The predicted octanol–water partition coefficient (Wildman–Crippen LogP) is 1.81. The zero-order valence-corrected chi connectivity index (χ0v) is 15.3. The second-order valence-corrected chi connectivity index (χ2v) is 6.71. The van der Waals surface area contributed by atoms with Crippen molar-refractivity contribution in [3.05, 3.63) is 30.3 Å². The standard InChI is InChI=1S/C18H23N5O2.ClH/c19-17-15(11-14(21-22-17)13-3-1-2-4-16(13)24)23-8-5-18(6-9-23)12-20-7-10-25-18;/h1-4,11,20,24H,5-10,12H2,(H2,19,22);1H. The fourth-order valence-corrected chi connectivity index (χ4v) is 3.65. The highest BCUT2D eigenvalue weighted by molar-refractivity contribution is 5.85. The molecule has 0 amide bonds. The van der Waals surface area contributed by atoms with Crippen LogP contribution in [0.15, 0.2) is 30.3 Å². The van der Waals surface area contributed by atoms with Gasteiger partial charge in [-0.1, -0.05) is 12.1 Å². The van der Waals surface area contributed by atoms with Crippen molar-refractivity contribution in [2.24, 2.45) is 0 Å². The molecular formula is C18H24ClN5O2. The van der Waals surface area contributed by atoms with Gasteiger partial charge in [0.15, 0.2) is 5.82 Å². The summed E-state index contributed by atoms with van der Waals surface area (Å²) in [4.78, 5) is 2.23. The third kappa shape index (κ3) is 3.56. The Morgan fingerprint density at radius 3 is 2.65 bits per heavy atom. The van der Waals surface area contributed by atoms with Crippen LogP contribution < -0.4 is 16.0 Å². The molecule has 2 aromatic rings. The zero-order chi connectivity index (χ0) is 17.3. The number of nitrogens with zero attached hydrogens (tertiary/aromatic N) is 3. The van der Waals surface area contributed by atoms with Crippen LogP contribution in [-0.2, 0) is 4.74 Å². The molecule has 8 heteroatoms. The van der Waals surface area contributed by atoms with E-state index in [9.17, 15) is 5.11 Å². The van der Waals surface area contributed by atoms with Crippen LogP contribution in [0.5, 0.6) is 5.75 Å². The van der Waals surface area contributed by atoms with Crippen LogP contribution in [0.3, 0.4) is 0 Å². The van der Waals surface area contributed by atoms with Crippen molar-refractivity contribution in [3.63, 3.8) is 0 Å². The van der Waals surface area contributed by atoms with Gasteiger partial charge in [0.1, 0.15) is 5.75 Å². The van der Waals surface area contributed by atoms with Gasteiger partial charge in [-0.2, -0.15) is 0 Å².